The Morgan fingerprint density at radius 1 is 1.12 bits per heavy atom. The average molecular weight is 436 g/mol. The van der Waals surface area contributed by atoms with E-state index in [1.54, 1.807) is 26.4 Å². The van der Waals surface area contributed by atoms with Gasteiger partial charge in [-0.05, 0) is 30.2 Å². The minimum absolute atomic E-state index is 0.0190. The Labute approximate surface area is 184 Å². The summed E-state index contributed by atoms with van der Waals surface area (Å²) >= 11 is 0. The number of nitrogens with one attached hydrogen (secondary N) is 2. The Hall–Kier alpha value is -4.01. The number of aromatic amines is 1. The Bertz CT molecular complexity index is 1260. The van der Waals surface area contributed by atoms with Crippen LogP contribution >= 0.6 is 0 Å². The number of hydrogen-bond acceptors (Lipinski definition) is 7. The molecule has 0 bridgehead atoms. The van der Waals surface area contributed by atoms with Crippen LogP contribution in [0.1, 0.15) is 29.2 Å². The van der Waals surface area contributed by atoms with E-state index in [1.165, 1.54) is 0 Å². The second-order valence-corrected chi connectivity index (χ2v) is 7.40. The number of hydrogen-bond donors (Lipinski definition) is 3. The summed E-state index contributed by atoms with van der Waals surface area (Å²) in [6.07, 6.45) is 0.838. The summed E-state index contributed by atoms with van der Waals surface area (Å²) in [4.78, 5) is 27.2. The van der Waals surface area contributed by atoms with E-state index in [4.69, 9.17) is 9.47 Å². The van der Waals surface area contributed by atoms with Crippen molar-refractivity contribution in [1.29, 1.82) is 0 Å². The number of hydrazone groups is 1. The van der Waals surface area contributed by atoms with Gasteiger partial charge in [0.1, 0.15) is 17.1 Å². The highest BCUT2D eigenvalue weighted by Crippen LogP contribution is 2.34. The first-order chi connectivity index (χ1) is 15.5. The standard InChI is InChI=1S/C23H24N4O5/c1-31-15-8-9-19(32-2)16(12-15)17-13-18(26-25-17)20-21(28)24-23(30)27(22(20)29)11-10-14-6-4-3-5-7-14/h3-9,12,17,25,29H,10-11,13H2,1-2H3,(H,24,28,30)/t17-/m0/s1. The highest BCUT2D eigenvalue weighted by Gasteiger charge is 2.29. The molecule has 2 heterocycles. The SMILES string of the molecule is COc1ccc(OC)c([C@@H]2CC(c3c(O)n(CCc4ccccc4)c(=O)[nH]c3=O)=NN2)c1. The monoisotopic (exact) mass is 436 g/mol. The molecule has 0 fully saturated rings. The summed E-state index contributed by atoms with van der Waals surface area (Å²) in [6.45, 7) is 0.215. The highest BCUT2D eigenvalue weighted by atomic mass is 16.5. The maximum atomic E-state index is 12.6. The van der Waals surface area contributed by atoms with E-state index >= 15 is 0 Å². The second kappa shape index (κ2) is 9.01. The van der Waals surface area contributed by atoms with Crippen LogP contribution in [0.15, 0.2) is 63.2 Å². The number of H-pyrrole nitrogens is 1. The number of aromatic hydroxyl groups is 1. The Balaban J connectivity index is 1.62. The summed E-state index contributed by atoms with van der Waals surface area (Å²) in [7, 11) is 3.15. The van der Waals surface area contributed by atoms with E-state index in [0.29, 0.717) is 30.1 Å². The van der Waals surface area contributed by atoms with Crippen LogP contribution in [0.25, 0.3) is 0 Å². The molecule has 0 radical (unpaired) electrons. The molecule has 9 heteroatoms. The van der Waals surface area contributed by atoms with Crippen LogP contribution in [-0.2, 0) is 13.0 Å². The van der Waals surface area contributed by atoms with E-state index in [0.717, 1.165) is 15.7 Å². The normalized spacial score (nSPS) is 15.2. The van der Waals surface area contributed by atoms with E-state index in [2.05, 4.69) is 15.5 Å². The van der Waals surface area contributed by atoms with Gasteiger partial charge in [0.05, 0.1) is 26.0 Å². The van der Waals surface area contributed by atoms with Gasteiger partial charge in [-0.2, -0.15) is 5.10 Å². The number of nitrogens with zero attached hydrogens (tertiary/aromatic N) is 2. The molecule has 0 saturated carbocycles. The Morgan fingerprint density at radius 3 is 2.62 bits per heavy atom. The quantitative estimate of drug-likeness (QED) is 0.521. The Kier molecular flexibility index (Phi) is 5.98. The molecular weight excluding hydrogens is 412 g/mol. The molecule has 32 heavy (non-hydrogen) atoms. The molecule has 2 aromatic carbocycles. The van der Waals surface area contributed by atoms with Crippen LogP contribution < -0.4 is 26.1 Å². The van der Waals surface area contributed by atoms with Crippen molar-refractivity contribution in [3.05, 3.63) is 86.1 Å². The van der Waals surface area contributed by atoms with Gasteiger partial charge in [-0.25, -0.2) is 4.79 Å². The van der Waals surface area contributed by atoms with Gasteiger partial charge in [0.15, 0.2) is 0 Å². The van der Waals surface area contributed by atoms with Crippen LogP contribution in [0.5, 0.6) is 17.4 Å². The zero-order valence-corrected chi connectivity index (χ0v) is 17.8. The Morgan fingerprint density at radius 2 is 1.91 bits per heavy atom. The summed E-state index contributed by atoms with van der Waals surface area (Å²) in [5.41, 5.74) is 3.80. The summed E-state index contributed by atoms with van der Waals surface area (Å²) < 4.78 is 11.9. The van der Waals surface area contributed by atoms with Gasteiger partial charge in [-0.15, -0.1) is 0 Å². The van der Waals surface area contributed by atoms with Crippen molar-refractivity contribution in [2.24, 2.45) is 5.10 Å². The van der Waals surface area contributed by atoms with Gasteiger partial charge in [-0.3, -0.25) is 14.3 Å². The minimum atomic E-state index is -0.678. The molecule has 9 nitrogen and oxygen atoms in total. The first kappa shape index (κ1) is 21.2. The molecule has 166 valence electrons. The van der Waals surface area contributed by atoms with E-state index in [-0.39, 0.29) is 18.2 Å². The lowest BCUT2D eigenvalue weighted by Crippen LogP contribution is -2.34. The lowest BCUT2D eigenvalue weighted by atomic mass is 9.99. The van der Waals surface area contributed by atoms with Crippen LogP contribution in [0.4, 0.5) is 0 Å². The van der Waals surface area contributed by atoms with E-state index in [9.17, 15) is 14.7 Å². The molecule has 1 aliphatic heterocycles. The highest BCUT2D eigenvalue weighted by molar-refractivity contribution is 6.03. The molecule has 0 saturated heterocycles. The first-order valence-electron chi connectivity index (χ1n) is 10.2. The topological polar surface area (TPSA) is 118 Å². The lowest BCUT2D eigenvalue weighted by Gasteiger charge is -2.16. The van der Waals surface area contributed by atoms with Gasteiger partial charge in [-0.1, -0.05) is 30.3 Å². The fourth-order valence-electron chi connectivity index (χ4n) is 3.80. The van der Waals surface area contributed by atoms with Gasteiger partial charge < -0.3 is 20.0 Å². The maximum absolute atomic E-state index is 12.6. The summed E-state index contributed by atoms with van der Waals surface area (Å²) in [6, 6.07) is 14.7. The van der Waals surface area contributed by atoms with Crippen molar-refractivity contribution in [3.63, 3.8) is 0 Å². The largest absolute Gasteiger partial charge is 0.497 e. The number of aryl methyl sites for hydroxylation is 1. The molecule has 4 rings (SSSR count). The molecule has 1 atom stereocenters. The molecule has 3 N–H and O–H groups in total. The summed E-state index contributed by atoms with van der Waals surface area (Å²) in [5.74, 6) is 0.908. The van der Waals surface area contributed by atoms with Crippen LogP contribution in [-0.4, -0.2) is 34.6 Å². The van der Waals surface area contributed by atoms with Crippen molar-refractivity contribution in [1.82, 2.24) is 15.0 Å². The second-order valence-electron chi connectivity index (χ2n) is 7.40. The zero-order chi connectivity index (χ0) is 22.7. The number of aromatic nitrogens is 2. The zero-order valence-electron chi connectivity index (χ0n) is 17.8. The smallest absolute Gasteiger partial charge is 0.331 e. The van der Waals surface area contributed by atoms with Gasteiger partial charge in [0.2, 0.25) is 5.88 Å². The maximum Gasteiger partial charge on any atom is 0.331 e. The van der Waals surface area contributed by atoms with Crippen molar-refractivity contribution < 1.29 is 14.6 Å². The third kappa shape index (κ3) is 4.09. The van der Waals surface area contributed by atoms with Crippen molar-refractivity contribution in [2.45, 2.75) is 25.4 Å². The third-order valence-electron chi connectivity index (χ3n) is 5.49. The number of ether oxygens (including phenoxy) is 2. The average Bonchev–Trinajstić information content (AvgIpc) is 3.28. The molecule has 1 aromatic heterocycles. The fraction of sp³-hybridized carbons (Fsp3) is 0.261. The van der Waals surface area contributed by atoms with Crippen molar-refractivity contribution >= 4 is 5.71 Å². The van der Waals surface area contributed by atoms with Gasteiger partial charge >= 0.3 is 5.69 Å². The predicted molar refractivity (Wildman–Crippen MR) is 120 cm³/mol. The predicted octanol–water partition coefficient (Wildman–Crippen LogP) is 1.94. The van der Waals surface area contributed by atoms with Crippen LogP contribution in [0, 0.1) is 0 Å². The number of benzene rings is 2. The minimum Gasteiger partial charge on any atom is -0.497 e. The molecular formula is C23H24N4O5. The fourth-order valence-corrected chi connectivity index (χ4v) is 3.80. The molecule has 0 aliphatic carbocycles. The third-order valence-corrected chi connectivity index (χ3v) is 5.49. The van der Waals surface area contributed by atoms with Gasteiger partial charge in [0.25, 0.3) is 5.56 Å². The molecule has 1 aliphatic rings. The van der Waals surface area contributed by atoms with E-state index < -0.39 is 17.1 Å². The molecule has 3 aromatic rings. The van der Waals surface area contributed by atoms with Gasteiger partial charge in [0, 0.05) is 18.5 Å². The number of methoxy groups -OCH3 is 2. The van der Waals surface area contributed by atoms with Crippen molar-refractivity contribution in [2.75, 3.05) is 14.2 Å². The number of rotatable bonds is 7. The lowest BCUT2D eigenvalue weighted by molar-refractivity contribution is 0.392. The molecule has 0 unspecified atom stereocenters. The first-order valence-corrected chi connectivity index (χ1v) is 10.2. The van der Waals surface area contributed by atoms with Crippen LogP contribution in [0.3, 0.4) is 0 Å². The van der Waals surface area contributed by atoms with Crippen LogP contribution in [0.2, 0.25) is 0 Å². The van der Waals surface area contributed by atoms with E-state index in [1.807, 2.05) is 36.4 Å². The molecule has 0 spiro atoms. The molecule has 0 amide bonds. The van der Waals surface area contributed by atoms with Crippen molar-refractivity contribution in [3.8, 4) is 17.4 Å². The summed E-state index contributed by atoms with van der Waals surface area (Å²) in [5, 5.41) is 15.1.